The van der Waals surface area contributed by atoms with E-state index in [0.717, 1.165) is 18.4 Å². The number of nitrogens with zero attached hydrogens (tertiary/aromatic N) is 1. The maximum atomic E-state index is 13.3. The lowest BCUT2D eigenvalue weighted by Crippen LogP contribution is -2.34. The molecule has 0 saturated heterocycles. The topological polar surface area (TPSA) is 20.3 Å². The lowest BCUT2D eigenvalue weighted by Gasteiger charge is -2.30. The van der Waals surface area contributed by atoms with Gasteiger partial charge in [0.2, 0.25) is 0 Å². The number of Topliss-reactive ketones (excluding diaryl/α,β-unsaturated/α-hetero) is 1. The van der Waals surface area contributed by atoms with Crippen molar-refractivity contribution >= 4 is 17.4 Å². The van der Waals surface area contributed by atoms with Crippen LogP contribution in [0.4, 0.5) is 4.39 Å². The van der Waals surface area contributed by atoms with Gasteiger partial charge in [-0.1, -0.05) is 17.7 Å². The first-order chi connectivity index (χ1) is 8.56. The highest BCUT2D eigenvalue weighted by Gasteiger charge is 2.22. The van der Waals surface area contributed by atoms with Crippen molar-refractivity contribution in [2.75, 3.05) is 7.05 Å². The van der Waals surface area contributed by atoms with Gasteiger partial charge in [-0.3, -0.25) is 9.69 Å². The van der Waals surface area contributed by atoms with Crippen LogP contribution in [0.1, 0.15) is 31.2 Å². The minimum atomic E-state index is -0.374. The largest absolute Gasteiger partial charge is 0.300 e. The van der Waals surface area contributed by atoms with Gasteiger partial charge in [0.25, 0.3) is 0 Å². The Morgan fingerprint density at radius 3 is 2.67 bits per heavy atom. The molecule has 0 atom stereocenters. The molecule has 1 aliphatic rings. The van der Waals surface area contributed by atoms with Gasteiger partial charge < -0.3 is 0 Å². The van der Waals surface area contributed by atoms with Crippen molar-refractivity contribution in [1.82, 2.24) is 4.90 Å². The minimum Gasteiger partial charge on any atom is -0.300 e. The first kappa shape index (κ1) is 13.5. The molecule has 98 valence electrons. The molecule has 18 heavy (non-hydrogen) atoms. The van der Waals surface area contributed by atoms with Crippen molar-refractivity contribution in [3.63, 3.8) is 0 Å². The fraction of sp³-hybridized carbons (Fsp3) is 0.500. The van der Waals surface area contributed by atoms with Crippen LogP contribution in [-0.4, -0.2) is 23.8 Å². The normalized spacial score (nSPS) is 17.4. The monoisotopic (exact) mass is 269 g/mol. The molecular formula is C14H17ClFNO. The number of hydrogen-bond acceptors (Lipinski definition) is 2. The van der Waals surface area contributed by atoms with E-state index >= 15 is 0 Å². The molecule has 0 unspecified atom stereocenters. The highest BCUT2D eigenvalue weighted by molar-refractivity contribution is 6.30. The Balaban J connectivity index is 1.96. The SMILES string of the molecule is CN(Cc1ccc(Cl)c(F)c1)C1CCC(=O)CC1. The molecule has 2 nitrogen and oxygen atoms in total. The summed E-state index contributed by atoms with van der Waals surface area (Å²) in [5.74, 6) is -0.0152. The van der Waals surface area contributed by atoms with Crippen molar-refractivity contribution in [2.45, 2.75) is 38.3 Å². The Morgan fingerprint density at radius 2 is 2.06 bits per heavy atom. The fourth-order valence-corrected chi connectivity index (χ4v) is 2.54. The van der Waals surface area contributed by atoms with E-state index < -0.39 is 0 Å². The van der Waals surface area contributed by atoms with E-state index in [9.17, 15) is 9.18 Å². The van der Waals surface area contributed by atoms with E-state index in [-0.39, 0.29) is 10.8 Å². The predicted octanol–water partition coefficient (Wildman–Crippen LogP) is 3.42. The number of hydrogen-bond donors (Lipinski definition) is 0. The lowest BCUT2D eigenvalue weighted by molar-refractivity contribution is -0.121. The molecular weight excluding hydrogens is 253 g/mol. The van der Waals surface area contributed by atoms with E-state index in [2.05, 4.69) is 4.90 Å². The van der Waals surface area contributed by atoms with Crippen LogP contribution in [0.3, 0.4) is 0 Å². The predicted molar refractivity (Wildman–Crippen MR) is 70.1 cm³/mol. The van der Waals surface area contributed by atoms with Gasteiger partial charge in [-0.15, -0.1) is 0 Å². The van der Waals surface area contributed by atoms with Crippen molar-refractivity contribution in [1.29, 1.82) is 0 Å². The molecule has 1 aromatic rings. The van der Waals surface area contributed by atoms with Crippen LogP contribution in [-0.2, 0) is 11.3 Å². The third-order valence-electron chi connectivity index (χ3n) is 3.55. The Morgan fingerprint density at radius 1 is 1.39 bits per heavy atom. The molecule has 0 spiro atoms. The summed E-state index contributed by atoms with van der Waals surface area (Å²) in [6.45, 7) is 0.687. The highest BCUT2D eigenvalue weighted by Crippen LogP contribution is 2.22. The van der Waals surface area contributed by atoms with Gasteiger partial charge in [-0.2, -0.15) is 0 Å². The van der Waals surface area contributed by atoms with Crippen LogP contribution in [0.25, 0.3) is 0 Å². The average molecular weight is 270 g/mol. The number of benzene rings is 1. The Labute approximate surface area is 112 Å². The summed E-state index contributed by atoms with van der Waals surface area (Å²) in [6, 6.07) is 5.33. The molecule has 0 bridgehead atoms. The second-order valence-electron chi connectivity index (χ2n) is 4.93. The first-order valence-corrected chi connectivity index (χ1v) is 6.60. The van der Waals surface area contributed by atoms with E-state index in [4.69, 9.17) is 11.6 Å². The van der Waals surface area contributed by atoms with E-state index in [0.29, 0.717) is 31.2 Å². The molecule has 0 aromatic heterocycles. The third-order valence-corrected chi connectivity index (χ3v) is 3.86. The van der Waals surface area contributed by atoms with Crippen LogP contribution in [0.2, 0.25) is 5.02 Å². The van der Waals surface area contributed by atoms with Gasteiger partial charge in [-0.05, 0) is 37.6 Å². The molecule has 4 heteroatoms. The molecule has 0 aliphatic heterocycles. The summed E-state index contributed by atoms with van der Waals surface area (Å²) in [6.07, 6.45) is 3.16. The van der Waals surface area contributed by atoms with E-state index in [1.807, 2.05) is 13.1 Å². The second-order valence-corrected chi connectivity index (χ2v) is 5.34. The van der Waals surface area contributed by atoms with E-state index in [1.165, 1.54) is 6.07 Å². The fourth-order valence-electron chi connectivity index (χ4n) is 2.42. The van der Waals surface area contributed by atoms with Gasteiger partial charge >= 0.3 is 0 Å². The molecule has 1 fully saturated rings. The van der Waals surface area contributed by atoms with Gasteiger partial charge in [0.15, 0.2) is 0 Å². The Bertz CT molecular complexity index is 439. The first-order valence-electron chi connectivity index (χ1n) is 6.22. The van der Waals surface area contributed by atoms with Gasteiger partial charge in [-0.25, -0.2) is 4.39 Å². The standard InChI is InChI=1S/C14H17ClFNO/c1-17(11-3-5-12(18)6-4-11)9-10-2-7-13(15)14(16)8-10/h2,7-8,11H,3-6,9H2,1H3. The summed E-state index contributed by atoms with van der Waals surface area (Å²) < 4.78 is 13.3. The van der Waals surface area contributed by atoms with Gasteiger partial charge in [0.05, 0.1) is 5.02 Å². The Kier molecular flexibility index (Phi) is 4.36. The molecule has 2 rings (SSSR count). The van der Waals surface area contributed by atoms with E-state index in [1.54, 1.807) is 6.07 Å². The van der Waals surface area contributed by atoms with Crippen molar-refractivity contribution in [3.8, 4) is 0 Å². The summed E-state index contributed by atoms with van der Waals surface area (Å²) >= 11 is 5.66. The van der Waals surface area contributed by atoms with Gasteiger partial charge in [0.1, 0.15) is 11.6 Å². The molecule has 0 radical (unpaired) electrons. The number of carbonyl (C=O) groups is 1. The molecule has 0 heterocycles. The zero-order valence-corrected chi connectivity index (χ0v) is 11.2. The van der Waals surface area contributed by atoms with Crippen LogP contribution >= 0.6 is 11.6 Å². The molecule has 0 N–H and O–H groups in total. The van der Waals surface area contributed by atoms with Crippen LogP contribution in [0.15, 0.2) is 18.2 Å². The summed E-state index contributed by atoms with van der Waals surface area (Å²) in [5, 5.41) is 0.157. The van der Waals surface area contributed by atoms with Crippen LogP contribution < -0.4 is 0 Å². The smallest absolute Gasteiger partial charge is 0.142 e. The lowest BCUT2D eigenvalue weighted by atomic mass is 9.93. The molecule has 1 saturated carbocycles. The quantitative estimate of drug-likeness (QED) is 0.838. The second kappa shape index (κ2) is 5.81. The van der Waals surface area contributed by atoms with Crippen molar-refractivity contribution in [3.05, 3.63) is 34.6 Å². The zero-order chi connectivity index (χ0) is 13.1. The summed E-state index contributed by atoms with van der Waals surface area (Å²) in [5.41, 5.74) is 0.913. The number of carbonyl (C=O) groups excluding carboxylic acids is 1. The molecule has 1 aliphatic carbocycles. The maximum Gasteiger partial charge on any atom is 0.142 e. The van der Waals surface area contributed by atoms with Crippen molar-refractivity contribution in [2.24, 2.45) is 0 Å². The zero-order valence-electron chi connectivity index (χ0n) is 10.5. The summed E-state index contributed by atoms with van der Waals surface area (Å²) in [4.78, 5) is 13.4. The van der Waals surface area contributed by atoms with Crippen molar-refractivity contribution < 1.29 is 9.18 Å². The summed E-state index contributed by atoms with van der Waals surface area (Å²) in [7, 11) is 2.02. The number of rotatable bonds is 3. The molecule has 0 amide bonds. The Hall–Kier alpha value is -0.930. The van der Waals surface area contributed by atoms with Gasteiger partial charge in [0, 0.05) is 25.4 Å². The van der Waals surface area contributed by atoms with Crippen LogP contribution in [0.5, 0.6) is 0 Å². The van der Waals surface area contributed by atoms with Crippen LogP contribution in [0, 0.1) is 5.82 Å². The number of halogens is 2. The maximum absolute atomic E-state index is 13.3. The number of ketones is 1. The third kappa shape index (κ3) is 3.30. The minimum absolute atomic E-state index is 0.157. The highest BCUT2D eigenvalue weighted by atomic mass is 35.5. The average Bonchev–Trinajstić information content (AvgIpc) is 2.34. The molecule has 1 aromatic carbocycles.